The topological polar surface area (TPSA) is 30.0 Å². The second-order valence-corrected chi connectivity index (χ2v) is 7.76. The normalized spacial score (nSPS) is 11.6. The summed E-state index contributed by atoms with van der Waals surface area (Å²) < 4.78 is 0.438. The van der Waals surface area contributed by atoms with Gasteiger partial charge in [-0.25, -0.2) is 4.98 Å². The van der Waals surface area contributed by atoms with Crippen LogP contribution in [0.2, 0.25) is 35.2 Å². The summed E-state index contributed by atoms with van der Waals surface area (Å²) in [6.45, 7) is 0. The first kappa shape index (κ1) is 17.1. The summed E-state index contributed by atoms with van der Waals surface area (Å²) in [5.41, 5.74) is -0.0446. The zero-order valence-electron chi connectivity index (χ0n) is 9.91. The Hall–Kier alpha value is 0.290. The standard InChI is InChI=1S/C12Cl7NOS/c13-1-2(14)6(18)11-8(3(1)15)20-9-4(16)5(17)10(21)7(19)12(9)22-11. The van der Waals surface area contributed by atoms with Gasteiger partial charge in [0.2, 0.25) is 5.43 Å². The fraction of sp³-hybridized carbons (Fsp3) is 0. The lowest BCUT2D eigenvalue weighted by atomic mass is 10.2. The molecule has 0 amide bonds. The van der Waals surface area contributed by atoms with Crippen molar-refractivity contribution >= 4 is 103 Å². The molecule has 0 bridgehead atoms. The molecule has 1 aromatic carbocycles. The van der Waals surface area contributed by atoms with Crippen molar-refractivity contribution in [2.45, 2.75) is 0 Å². The molecular formula is C12Cl7NOS. The lowest BCUT2D eigenvalue weighted by Crippen LogP contribution is -2.06. The molecule has 0 fully saturated rings. The number of aromatic nitrogens is 1. The van der Waals surface area contributed by atoms with Crippen LogP contribution < -0.4 is 5.43 Å². The SMILES string of the molecule is O=c1c(Cl)c2sc3c(Cl)c(Cl)c(Cl)c(Cl)c3nc-2c(Cl)c1Cl. The van der Waals surface area contributed by atoms with Crippen LogP contribution in [-0.4, -0.2) is 4.98 Å². The van der Waals surface area contributed by atoms with E-state index >= 15 is 0 Å². The zero-order valence-corrected chi connectivity index (χ0v) is 16.0. The van der Waals surface area contributed by atoms with E-state index in [1.54, 1.807) is 0 Å². The molecule has 0 spiro atoms. The van der Waals surface area contributed by atoms with Crippen molar-refractivity contribution in [3.05, 3.63) is 45.4 Å². The third-order valence-electron chi connectivity index (χ3n) is 2.84. The maximum Gasteiger partial charge on any atom is 0.218 e. The minimum absolute atomic E-state index is 0.0116. The minimum atomic E-state index is -0.583. The van der Waals surface area contributed by atoms with E-state index in [0.717, 1.165) is 11.3 Å². The average Bonchev–Trinajstić information content (AvgIpc) is 2.52. The molecular weight excluding hydrogens is 454 g/mol. The maximum atomic E-state index is 11.9. The summed E-state index contributed by atoms with van der Waals surface area (Å²) in [7, 11) is 0. The molecule has 0 atom stereocenters. The van der Waals surface area contributed by atoms with Crippen molar-refractivity contribution in [1.82, 2.24) is 4.98 Å². The lowest BCUT2D eigenvalue weighted by molar-refractivity contribution is 1.41. The minimum Gasteiger partial charge on any atom is -0.286 e. The highest BCUT2D eigenvalue weighted by atomic mass is 35.5. The van der Waals surface area contributed by atoms with Crippen LogP contribution in [0.15, 0.2) is 4.79 Å². The second kappa shape index (κ2) is 5.98. The number of halogens is 7. The number of hydrogen-bond donors (Lipinski definition) is 0. The van der Waals surface area contributed by atoms with Crippen LogP contribution in [0.5, 0.6) is 0 Å². The van der Waals surface area contributed by atoms with Crippen molar-refractivity contribution in [1.29, 1.82) is 0 Å². The molecule has 1 aliphatic heterocycles. The van der Waals surface area contributed by atoms with Crippen molar-refractivity contribution in [2.75, 3.05) is 0 Å². The van der Waals surface area contributed by atoms with E-state index in [4.69, 9.17) is 81.2 Å². The molecule has 0 saturated heterocycles. The molecule has 22 heavy (non-hydrogen) atoms. The van der Waals surface area contributed by atoms with E-state index in [0.29, 0.717) is 15.1 Å². The van der Waals surface area contributed by atoms with Crippen LogP contribution in [0.25, 0.3) is 20.8 Å². The molecule has 1 aromatic rings. The average molecular weight is 454 g/mol. The highest BCUT2D eigenvalue weighted by molar-refractivity contribution is 7.22. The van der Waals surface area contributed by atoms with Gasteiger partial charge in [0.25, 0.3) is 0 Å². The van der Waals surface area contributed by atoms with Gasteiger partial charge in [0, 0.05) is 0 Å². The van der Waals surface area contributed by atoms with Crippen molar-refractivity contribution < 1.29 is 0 Å². The van der Waals surface area contributed by atoms with Gasteiger partial charge in [-0.05, 0) is 0 Å². The predicted molar refractivity (Wildman–Crippen MR) is 97.6 cm³/mol. The first-order valence-electron chi connectivity index (χ1n) is 5.38. The van der Waals surface area contributed by atoms with E-state index in [1.165, 1.54) is 0 Å². The molecule has 3 rings (SSSR count). The van der Waals surface area contributed by atoms with Crippen LogP contribution in [0.3, 0.4) is 0 Å². The lowest BCUT2D eigenvalue weighted by Gasteiger charge is -2.13. The van der Waals surface area contributed by atoms with Crippen LogP contribution in [-0.2, 0) is 0 Å². The molecule has 2 aliphatic rings. The van der Waals surface area contributed by atoms with Gasteiger partial charge in [-0.2, -0.15) is 0 Å². The number of nitrogens with zero attached hydrogens (tertiary/aromatic N) is 1. The van der Waals surface area contributed by atoms with Gasteiger partial charge in [-0.3, -0.25) is 4.79 Å². The van der Waals surface area contributed by atoms with Gasteiger partial charge in [0.05, 0.1) is 34.7 Å². The fourth-order valence-electron chi connectivity index (χ4n) is 1.81. The van der Waals surface area contributed by atoms with Gasteiger partial charge in [-0.1, -0.05) is 81.2 Å². The van der Waals surface area contributed by atoms with Crippen molar-refractivity contribution in [3.8, 4) is 10.6 Å². The molecule has 0 N–H and O–H groups in total. The van der Waals surface area contributed by atoms with E-state index in [9.17, 15) is 4.79 Å². The number of rotatable bonds is 0. The second-order valence-electron chi connectivity index (χ2n) is 4.10. The zero-order chi connectivity index (χ0) is 16.3. The quantitative estimate of drug-likeness (QED) is 0.202. The summed E-state index contributed by atoms with van der Waals surface area (Å²) in [4.78, 5) is 16.6. The Labute approximate surface area is 162 Å². The molecule has 0 saturated carbocycles. The van der Waals surface area contributed by atoms with Crippen LogP contribution >= 0.6 is 92.5 Å². The number of hydrogen-bond acceptors (Lipinski definition) is 3. The Kier molecular flexibility index (Phi) is 4.65. The van der Waals surface area contributed by atoms with Crippen LogP contribution in [0.1, 0.15) is 0 Å². The van der Waals surface area contributed by atoms with E-state index in [-0.39, 0.29) is 40.9 Å². The monoisotopic (exact) mass is 451 g/mol. The van der Waals surface area contributed by atoms with E-state index < -0.39 is 5.43 Å². The first-order valence-corrected chi connectivity index (χ1v) is 8.84. The summed E-state index contributed by atoms with van der Waals surface area (Å²) in [6.07, 6.45) is 0. The van der Waals surface area contributed by atoms with E-state index in [1.807, 2.05) is 0 Å². The van der Waals surface area contributed by atoms with Gasteiger partial charge in [0.1, 0.15) is 21.3 Å². The molecule has 0 radical (unpaired) electrons. The Bertz CT molecular complexity index is 984. The Balaban J connectivity index is 2.65. The van der Waals surface area contributed by atoms with Gasteiger partial charge < -0.3 is 0 Å². The third-order valence-corrected chi connectivity index (χ3v) is 7.25. The summed E-state index contributed by atoms with van der Waals surface area (Å²) in [6, 6.07) is 0. The van der Waals surface area contributed by atoms with Gasteiger partial charge in [-0.15, -0.1) is 11.3 Å². The number of benzene rings is 2. The smallest absolute Gasteiger partial charge is 0.218 e. The van der Waals surface area contributed by atoms with Gasteiger partial charge in [0.15, 0.2) is 0 Å². The Morgan fingerprint density at radius 2 is 1.27 bits per heavy atom. The molecule has 10 heteroatoms. The third kappa shape index (κ3) is 2.38. The molecule has 0 aromatic heterocycles. The van der Waals surface area contributed by atoms with Gasteiger partial charge >= 0.3 is 0 Å². The van der Waals surface area contributed by atoms with Crippen LogP contribution in [0, 0.1) is 0 Å². The van der Waals surface area contributed by atoms with Crippen molar-refractivity contribution in [3.63, 3.8) is 0 Å². The fourth-order valence-corrected chi connectivity index (χ4v) is 4.80. The highest BCUT2D eigenvalue weighted by Gasteiger charge is 2.25. The summed E-state index contributed by atoms with van der Waals surface area (Å²) in [5.74, 6) is 0. The Morgan fingerprint density at radius 3 is 1.91 bits per heavy atom. The first-order chi connectivity index (χ1) is 10.3. The number of fused-ring (bicyclic) bond motifs is 2. The predicted octanol–water partition coefficient (Wildman–Crippen LogP) is 7.34. The largest absolute Gasteiger partial charge is 0.286 e. The highest BCUT2D eigenvalue weighted by Crippen LogP contribution is 2.48. The molecule has 0 unspecified atom stereocenters. The van der Waals surface area contributed by atoms with E-state index in [2.05, 4.69) is 4.98 Å². The maximum absolute atomic E-state index is 11.9. The molecule has 1 aliphatic carbocycles. The Morgan fingerprint density at radius 1 is 0.682 bits per heavy atom. The molecule has 1 heterocycles. The van der Waals surface area contributed by atoms with Crippen LogP contribution in [0.4, 0.5) is 0 Å². The molecule has 114 valence electrons. The molecule has 2 nitrogen and oxygen atoms in total. The summed E-state index contributed by atoms with van der Waals surface area (Å²) >= 11 is 43.5. The summed E-state index contributed by atoms with van der Waals surface area (Å²) in [5, 5.41) is 0.147. The van der Waals surface area contributed by atoms with Crippen molar-refractivity contribution in [2.24, 2.45) is 0 Å².